The molecule has 0 bridgehead atoms. The van der Waals surface area contributed by atoms with Crippen molar-refractivity contribution in [3.05, 3.63) is 77.9 Å². The molecule has 0 aliphatic heterocycles. The Kier molecular flexibility index (Phi) is 4.94. The van der Waals surface area contributed by atoms with Gasteiger partial charge < -0.3 is 5.32 Å². The maximum Gasteiger partial charge on any atom is 0.244 e. The zero-order valence-corrected chi connectivity index (χ0v) is 13.5. The molecule has 25 heavy (non-hydrogen) atoms. The highest BCUT2D eigenvalue weighted by Gasteiger charge is 2.16. The van der Waals surface area contributed by atoms with Crippen molar-refractivity contribution in [2.45, 2.75) is 13.0 Å². The van der Waals surface area contributed by atoms with Crippen LogP contribution in [0.2, 0.25) is 0 Å². The summed E-state index contributed by atoms with van der Waals surface area (Å²) < 4.78 is 14.7. The van der Waals surface area contributed by atoms with Gasteiger partial charge >= 0.3 is 0 Å². The monoisotopic (exact) mass is 337 g/mol. The summed E-state index contributed by atoms with van der Waals surface area (Å²) in [4.78, 5) is 12.1. The standard InChI is InChI=1S/C18H16FN5O/c1-13(18-21-22-23-24(18)16-8-3-2-4-9-16)20-17(25)11-10-14-6-5-7-15(19)12-14/h2-13H,1H3,(H,20,25)/b11-10+/t13-/m0/s1. The number of nitrogens with one attached hydrogen (secondary N) is 1. The van der Waals surface area contributed by atoms with Crippen molar-refractivity contribution < 1.29 is 9.18 Å². The van der Waals surface area contributed by atoms with Gasteiger partial charge in [0.25, 0.3) is 0 Å². The number of carbonyl (C=O) groups is 1. The van der Waals surface area contributed by atoms with E-state index in [1.54, 1.807) is 29.8 Å². The number of hydrogen-bond donors (Lipinski definition) is 1. The minimum Gasteiger partial charge on any atom is -0.343 e. The molecule has 0 spiro atoms. The quantitative estimate of drug-likeness (QED) is 0.727. The predicted molar refractivity (Wildman–Crippen MR) is 91.1 cm³/mol. The summed E-state index contributed by atoms with van der Waals surface area (Å²) in [5.41, 5.74) is 1.41. The Balaban J connectivity index is 1.70. The van der Waals surface area contributed by atoms with E-state index in [0.717, 1.165) is 5.69 Å². The Morgan fingerprint density at radius 1 is 1.20 bits per heavy atom. The molecule has 0 saturated carbocycles. The normalized spacial score (nSPS) is 12.2. The van der Waals surface area contributed by atoms with Gasteiger partial charge in [-0.05, 0) is 53.3 Å². The number of amides is 1. The first-order valence-corrected chi connectivity index (χ1v) is 7.71. The third-order valence-electron chi connectivity index (χ3n) is 3.52. The first kappa shape index (κ1) is 16.5. The van der Waals surface area contributed by atoms with E-state index in [2.05, 4.69) is 20.8 Å². The number of nitrogens with zero attached hydrogens (tertiary/aromatic N) is 4. The van der Waals surface area contributed by atoms with Crippen LogP contribution in [0, 0.1) is 5.82 Å². The van der Waals surface area contributed by atoms with Crippen molar-refractivity contribution in [3.8, 4) is 5.69 Å². The fourth-order valence-corrected chi connectivity index (χ4v) is 2.33. The molecule has 1 heterocycles. The molecule has 1 N–H and O–H groups in total. The Bertz CT molecular complexity index is 891. The van der Waals surface area contributed by atoms with Gasteiger partial charge in [-0.3, -0.25) is 4.79 Å². The topological polar surface area (TPSA) is 72.7 Å². The third-order valence-corrected chi connectivity index (χ3v) is 3.52. The summed E-state index contributed by atoms with van der Waals surface area (Å²) in [6.45, 7) is 1.79. The van der Waals surface area contributed by atoms with Crippen LogP contribution < -0.4 is 5.32 Å². The highest BCUT2D eigenvalue weighted by molar-refractivity contribution is 5.91. The molecule has 6 nitrogen and oxygen atoms in total. The largest absolute Gasteiger partial charge is 0.343 e. The van der Waals surface area contributed by atoms with Crippen LogP contribution in [0.15, 0.2) is 60.7 Å². The molecule has 0 radical (unpaired) electrons. The van der Waals surface area contributed by atoms with Crippen LogP contribution in [0.3, 0.4) is 0 Å². The number of benzene rings is 2. The van der Waals surface area contributed by atoms with Crippen LogP contribution in [-0.2, 0) is 4.79 Å². The maximum absolute atomic E-state index is 13.1. The first-order valence-electron chi connectivity index (χ1n) is 7.71. The highest BCUT2D eigenvalue weighted by atomic mass is 19.1. The molecule has 126 valence electrons. The van der Waals surface area contributed by atoms with Crippen LogP contribution in [0.4, 0.5) is 4.39 Å². The Hall–Kier alpha value is -3.35. The lowest BCUT2D eigenvalue weighted by Crippen LogP contribution is -2.27. The number of halogens is 1. The van der Waals surface area contributed by atoms with E-state index in [1.807, 2.05) is 30.3 Å². The summed E-state index contributed by atoms with van der Waals surface area (Å²) in [6, 6.07) is 15.0. The summed E-state index contributed by atoms with van der Waals surface area (Å²) >= 11 is 0. The van der Waals surface area contributed by atoms with E-state index in [-0.39, 0.29) is 11.7 Å². The molecule has 0 unspecified atom stereocenters. The average molecular weight is 337 g/mol. The molecular weight excluding hydrogens is 321 g/mol. The van der Waals surface area contributed by atoms with Crippen molar-refractivity contribution in [2.24, 2.45) is 0 Å². The summed E-state index contributed by atoms with van der Waals surface area (Å²) in [5.74, 6) is -0.156. The SMILES string of the molecule is C[C@H](NC(=O)/C=C/c1cccc(F)c1)c1nnnn1-c1ccccc1. The van der Waals surface area contributed by atoms with E-state index >= 15 is 0 Å². The van der Waals surface area contributed by atoms with Crippen molar-refractivity contribution >= 4 is 12.0 Å². The number of para-hydroxylation sites is 1. The second-order valence-corrected chi connectivity index (χ2v) is 5.40. The van der Waals surface area contributed by atoms with Crippen LogP contribution in [0.1, 0.15) is 24.4 Å². The Morgan fingerprint density at radius 3 is 2.76 bits per heavy atom. The Labute approximate surface area is 144 Å². The molecule has 0 aliphatic rings. The number of carbonyl (C=O) groups excluding carboxylic acids is 1. The minimum atomic E-state index is -0.403. The second kappa shape index (κ2) is 7.48. The summed E-state index contributed by atoms with van der Waals surface area (Å²) in [5, 5.41) is 14.4. The minimum absolute atomic E-state index is 0.320. The lowest BCUT2D eigenvalue weighted by molar-refractivity contribution is -0.117. The fourth-order valence-electron chi connectivity index (χ4n) is 2.33. The highest BCUT2D eigenvalue weighted by Crippen LogP contribution is 2.13. The number of hydrogen-bond acceptors (Lipinski definition) is 4. The first-order chi connectivity index (χ1) is 12.1. The molecular formula is C18H16FN5O. The molecule has 3 aromatic rings. The molecule has 2 aromatic carbocycles. The molecule has 3 rings (SSSR count). The van der Waals surface area contributed by atoms with Gasteiger partial charge in [-0.25, -0.2) is 4.39 Å². The van der Waals surface area contributed by atoms with Gasteiger partial charge in [-0.2, -0.15) is 4.68 Å². The molecule has 0 fully saturated rings. The zero-order valence-electron chi connectivity index (χ0n) is 13.5. The average Bonchev–Trinajstić information content (AvgIpc) is 3.11. The van der Waals surface area contributed by atoms with E-state index < -0.39 is 6.04 Å². The van der Waals surface area contributed by atoms with Gasteiger partial charge in [0.15, 0.2) is 5.82 Å². The van der Waals surface area contributed by atoms with Gasteiger partial charge in [0.2, 0.25) is 5.91 Å². The lowest BCUT2D eigenvalue weighted by atomic mass is 10.2. The van der Waals surface area contributed by atoms with Crippen LogP contribution in [0.25, 0.3) is 11.8 Å². The fraction of sp³-hybridized carbons (Fsp3) is 0.111. The molecule has 1 aromatic heterocycles. The van der Waals surface area contributed by atoms with Crippen molar-refractivity contribution in [2.75, 3.05) is 0 Å². The van der Waals surface area contributed by atoms with Crippen molar-refractivity contribution in [3.63, 3.8) is 0 Å². The Morgan fingerprint density at radius 2 is 2.00 bits per heavy atom. The van der Waals surface area contributed by atoms with Gasteiger partial charge in [0, 0.05) is 6.08 Å². The molecule has 0 aliphatic carbocycles. The zero-order chi connectivity index (χ0) is 17.6. The van der Waals surface area contributed by atoms with E-state index in [1.165, 1.54) is 18.2 Å². The summed E-state index contributed by atoms with van der Waals surface area (Å²) in [7, 11) is 0. The van der Waals surface area contributed by atoms with E-state index in [9.17, 15) is 9.18 Å². The second-order valence-electron chi connectivity index (χ2n) is 5.40. The number of aromatic nitrogens is 4. The van der Waals surface area contributed by atoms with E-state index in [0.29, 0.717) is 11.4 Å². The molecule has 7 heteroatoms. The maximum atomic E-state index is 13.1. The van der Waals surface area contributed by atoms with Crippen molar-refractivity contribution in [1.29, 1.82) is 0 Å². The predicted octanol–water partition coefficient (Wildman–Crippen LogP) is 2.69. The van der Waals surface area contributed by atoms with Gasteiger partial charge in [-0.1, -0.05) is 30.3 Å². The van der Waals surface area contributed by atoms with Crippen LogP contribution >= 0.6 is 0 Å². The van der Waals surface area contributed by atoms with Crippen molar-refractivity contribution in [1.82, 2.24) is 25.5 Å². The third kappa shape index (κ3) is 4.14. The van der Waals surface area contributed by atoms with Gasteiger partial charge in [-0.15, -0.1) is 5.10 Å². The smallest absolute Gasteiger partial charge is 0.244 e. The molecule has 1 amide bonds. The lowest BCUT2D eigenvalue weighted by Gasteiger charge is -2.12. The molecule has 0 saturated heterocycles. The summed E-state index contributed by atoms with van der Waals surface area (Å²) in [6.07, 6.45) is 2.90. The van der Waals surface area contributed by atoms with Gasteiger partial charge in [0.05, 0.1) is 11.7 Å². The van der Waals surface area contributed by atoms with Crippen LogP contribution in [-0.4, -0.2) is 26.1 Å². The van der Waals surface area contributed by atoms with E-state index in [4.69, 9.17) is 0 Å². The number of tetrazole rings is 1. The van der Waals surface area contributed by atoms with Gasteiger partial charge in [0.1, 0.15) is 5.82 Å². The molecule has 1 atom stereocenters. The van der Waals surface area contributed by atoms with Crippen LogP contribution in [0.5, 0.6) is 0 Å². The number of rotatable bonds is 5.